The lowest BCUT2D eigenvalue weighted by Crippen LogP contribution is -2.28. The van der Waals surface area contributed by atoms with E-state index in [4.69, 9.17) is 5.73 Å². The van der Waals surface area contributed by atoms with Crippen LogP contribution in [0.2, 0.25) is 0 Å². The van der Waals surface area contributed by atoms with Crippen molar-refractivity contribution < 1.29 is 4.79 Å². The Balaban J connectivity index is 2.36. The van der Waals surface area contributed by atoms with Crippen molar-refractivity contribution in [2.45, 2.75) is 27.3 Å². The average molecular weight is 299 g/mol. The van der Waals surface area contributed by atoms with Crippen molar-refractivity contribution in [1.82, 2.24) is 9.88 Å². The lowest BCUT2D eigenvalue weighted by Gasteiger charge is -2.19. The molecule has 22 heavy (non-hydrogen) atoms. The predicted octanol–water partition coefficient (Wildman–Crippen LogP) is 1.29. The molecule has 6 heteroatoms. The second-order valence-corrected chi connectivity index (χ2v) is 5.41. The fourth-order valence-corrected chi connectivity index (χ4v) is 2.31. The van der Waals surface area contributed by atoms with E-state index >= 15 is 0 Å². The van der Waals surface area contributed by atoms with E-state index in [0.29, 0.717) is 18.0 Å². The third-order valence-corrected chi connectivity index (χ3v) is 4.03. The van der Waals surface area contributed by atoms with E-state index in [1.165, 1.54) is 5.56 Å². The minimum Gasteiger partial charge on any atom is -0.368 e. The average Bonchev–Trinajstić information content (AvgIpc) is 2.75. The molecule has 1 fully saturated rings. The van der Waals surface area contributed by atoms with E-state index < -0.39 is 0 Å². The monoisotopic (exact) mass is 299 g/mol. The zero-order chi connectivity index (χ0) is 16.4. The first-order valence-corrected chi connectivity index (χ1v) is 7.05. The summed E-state index contributed by atoms with van der Waals surface area (Å²) in [6, 6.07) is 0. The molecule has 116 valence electrons. The summed E-state index contributed by atoms with van der Waals surface area (Å²) in [5.74, 6) is 0.553. The quantitative estimate of drug-likeness (QED) is 0.506. The van der Waals surface area contributed by atoms with E-state index in [1.807, 2.05) is 24.9 Å². The van der Waals surface area contributed by atoms with Gasteiger partial charge in [-0.2, -0.15) is 4.99 Å². The van der Waals surface area contributed by atoms with Crippen molar-refractivity contribution in [2.75, 3.05) is 13.6 Å². The van der Waals surface area contributed by atoms with E-state index in [1.54, 1.807) is 7.05 Å². The van der Waals surface area contributed by atoms with Crippen molar-refractivity contribution in [3.8, 4) is 0 Å². The van der Waals surface area contributed by atoms with Crippen molar-refractivity contribution in [3.63, 3.8) is 0 Å². The Morgan fingerprint density at radius 1 is 1.41 bits per heavy atom. The van der Waals surface area contributed by atoms with Gasteiger partial charge in [0.15, 0.2) is 5.78 Å². The number of carbonyl (C=O) groups is 1. The summed E-state index contributed by atoms with van der Waals surface area (Å²) in [5.41, 5.74) is 10.4. The largest absolute Gasteiger partial charge is 0.368 e. The molecule has 0 saturated carbocycles. The Kier molecular flexibility index (Phi) is 4.40. The number of Topliss-reactive ketones (excluding diaryl/α,β-unsaturated/α-hetero) is 1. The normalized spacial score (nSPS) is 17.7. The van der Waals surface area contributed by atoms with Crippen molar-refractivity contribution in [1.29, 1.82) is 0 Å². The molecule has 2 N–H and O–H groups in total. The molecule has 1 saturated heterocycles. The zero-order valence-electron chi connectivity index (χ0n) is 13.5. The maximum atomic E-state index is 11.9. The highest BCUT2D eigenvalue weighted by Crippen LogP contribution is 2.20. The number of guanidine groups is 1. The topological polar surface area (TPSA) is 83.9 Å². The van der Waals surface area contributed by atoms with Gasteiger partial charge in [-0.1, -0.05) is 6.58 Å². The summed E-state index contributed by atoms with van der Waals surface area (Å²) in [5, 5.41) is 0. The van der Waals surface area contributed by atoms with Gasteiger partial charge in [0.05, 0.1) is 24.4 Å². The molecule has 0 aliphatic carbocycles. The molecule has 0 atom stereocenters. The van der Waals surface area contributed by atoms with E-state index in [2.05, 4.69) is 28.5 Å². The van der Waals surface area contributed by atoms with Gasteiger partial charge in [0, 0.05) is 13.2 Å². The van der Waals surface area contributed by atoms with Gasteiger partial charge in [0.1, 0.15) is 5.84 Å². The van der Waals surface area contributed by atoms with Crippen LogP contribution < -0.4 is 5.73 Å². The highest BCUT2D eigenvalue weighted by Gasteiger charge is 2.31. The second kappa shape index (κ2) is 6.09. The summed E-state index contributed by atoms with van der Waals surface area (Å²) in [6.07, 6.45) is 1.85. The van der Waals surface area contributed by atoms with Crippen LogP contribution in [0.4, 0.5) is 0 Å². The number of rotatable bonds is 2. The van der Waals surface area contributed by atoms with Gasteiger partial charge in [-0.15, -0.1) is 0 Å². The first-order valence-electron chi connectivity index (χ1n) is 7.05. The SMILES string of the molecule is C=C1C(=O)CN(Cc2ncc(C)c(C)c2C)/C1=N/C(N)=N\C. The van der Waals surface area contributed by atoms with Crippen LogP contribution in [0.25, 0.3) is 0 Å². The first-order chi connectivity index (χ1) is 10.3. The van der Waals surface area contributed by atoms with Crippen LogP contribution in [-0.4, -0.2) is 41.1 Å². The van der Waals surface area contributed by atoms with Crippen LogP contribution in [0, 0.1) is 20.8 Å². The Hall–Kier alpha value is -2.50. The van der Waals surface area contributed by atoms with Gasteiger partial charge in [0.25, 0.3) is 0 Å². The molecule has 1 aromatic heterocycles. The molecule has 0 radical (unpaired) electrons. The van der Waals surface area contributed by atoms with Crippen LogP contribution in [0.5, 0.6) is 0 Å². The van der Waals surface area contributed by atoms with Gasteiger partial charge >= 0.3 is 0 Å². The molecular formula is C16H21N5O. The predicted molar refractivity (Wildman–Crippen MR) is 88.0 cm³/mol. The molecule has 1 aromatic rings. The Morgan fingerprint density at radius 2 is 2.09 bits per heavy atom. The number of amidine groups is 1. The third-order valence-electron chi connectivity index (χ3n) is 4.03. The van der Waals surface area contributed by atoms with Crippen molar-refractivity contribution >= 4 is 17.6 Å². The van der Waals surface area contributed by atoms with Gasteiger partial charge in [0.2, 0.25) is 5.96 Å². The summed E-state index contributed by atoms with van der Waals surface area (Å²) >= 11 is 0. The molecular weight excluding hydrogens is 278 g/mol. The number of pyridine rings is 1. The minimum atomic E-state index is -0.0517. The van der Waals surface area contributed by atoms with Crippen LogP contribution in [0.1, 0.15) is 22.4 Å². The molecule has 1 aliphatic rings. The molecule has 6 nitrogen and oxygen atoms in total. The summed E-state index contributed by atoms with van der Waals surface area (Å²) < 4.78 is 0. The van der Waals surface area contributed by atoms with Crippen LogP contribution >= 0.6 is 0 Å². The summed E-state index contributed by atoms with van der Waals surface area (Å²) in [4.78, 5) is 26.3. The Bertz CT molecular complexity index is 703. The maximum absolute atomic E-state index is 11.9. The number of aliphatic imine (C=N–C) groups is 2. The van der Waals surface area contributed by atoms with Gasteiger partial charge < -0.3 is 10.6 Å². The van der Waals surface area contributed by atoms with Crippen LogP contribution in [0.3, 0.4) is 0 Å². The van der Waals surface area contributed by atoms with Crippen LogP contribution in [0.15, 0.2) is 28.3 Å². The number of hydrogen-bond donors (Lipinski definition) is 1. The molecule has 2 rings (SSSR count). The Labute approximate surface area is 130 Å². The molecule has 0 bridgehead atoms. The molecule has 0 unspecified atom stereocenters. The highest BCUT2D eigenvalue weighted by atomic mass is 16.1. The van der Waals surface area contributed by atoms with E-state index in [0.717, 1.165) is 16.8 Å². The summed E-state index contributed by atoms with van der Waals surface area (Å²) in [7, 11) is 1.55. The lowest BCUT2D eigenvalue weighted by atomic mass is 10.0. The molecule has 1 aliphatic heterocycles. The van der Waals surface area contributed by atoms with Crippen LogP contribution in [-0.2, 0) is 11.3 Å². The third kappa shape index (κ3) is 2.90. The number of aromatic nitrogens is 1. The van der Waals surface area contributed by atoms with Gasteiger partial charge in [-0.25, -0.2) is 0 Å². The number of nitrogens with zero attached hydrogens (tertiary/aromatic N) is 4. The smallest absolute Gasteiger partial charge is 0.217 e. The van der Waals surface area contributed by atoms with Crippen molar-refractivity contribution in [3.05, 3.63) is 40.7 Å². The van der Waals surface area contributed by atoms with E-state index in [9.17, 15) is 4.79 Å². The summed E-state index contributed by atoms with van der Waals surface area (Å²) in [6.45, 7) is 10.7. The fraction of sp³-hybridized carbons (Fsp3) is 0.375. The minimum absolute atomic E-state index is 0.0517. The van der Waals surface area contributed by atoms with E-state index in [-0.39, 0.29) is 18.3 Å². The molecule has 0 amide bonds. The number of hydrogen-bond acceptors (Lipinski definition) is 3. The zero-order valence-corrected chi connectivity index (χ0v) is 13.5. The standard InChI is InChI=1S/C16H21N5O/c1-9-6-19-13(11(3)10(9)2)7-21-8-14(22)12(4)15(21)20-16(17)18-5/h6H,4,7-8H2,1-3,5H3,(H2,17,18)/b20-15+. The molecule has 2 heterocycles. The second-order valence-electron chi connectivity index (χ2n) is 5.41. The number of nitrogens with two attached hydrogens (primary N) is 1. The number of ketones is 1. The number of carbonyl (C=O) groups excluding carboxylic acids is 1. The van der Waals surface area contributed by atoms with Gasteiger partial charge in [-0.3, -0.25) is 14.8 Å². The highest BCUT2D eigenvalue weighted by molar-refractivity contribution is 6.28. The lowest BCUT2D eigenvalue weighted by molar-refractivity contribution is -0.114. The Morgan fingerprint density at radius 3 is 2.73 bits per heavy atom. The maximum Gasteiger partial charge on any atom is 0.217 e. The first kappa shape index (κ1) is 15.9. The number of aryl methyl sites for hydroxylation is 1. The fourth-order valence-electron chi connectivity index (χ4n) is 2.31. The van der Waals surface area contributed by atoms with Gasteiger partial charge in [-0.05, 0) is 37.5 Å². The molecule has 0 spiro atoms. The number of likely N-dealkylation sites (tertiary alicyclic amines) is 1. The van der Waals surface area contributed by atoms with Crippen molar-refractivity contribution in [2.24, 2.45) is 15.7 Å². The molecule has 0 aromatic carbocycles.